The van der Waals surface area contributed by atoms with Gasteiger partial charge in [-0.2, -0.15) is 13.2 Å². The molecule has 0 aliphatic heterocycles. The van der Waals surface area contributed by atoms with Crippen LogP contribution in [0.5, 0.6) is 0 Å². The summed E-state index contributed by atoms with van der Waals surface area (Å²) in [7, 11) is 0. The van der Waals surface area contributed by atoms with Crippen molar-refractivity contribution in [2.75, 3.05) is 5.32 Å². The van der Waals surface area contributed by atoms with Gasteiger partial charge in [0.2, 0.25) is 0 Å². The third-order valence-corrected chi connectivity index (χ3v) is 2.89. The fraction of sp³-hybridized carbons (Fsp3) is 0.273. The molecule has 19 heavy (non-hydrogen) atoms. The van der Waals surface area contributed by atoms with Crippen LogP contribution in [0, 0.1) is 6.92 Å². The van der Waals surface area contributed by atoms with Crippen molar-refractivity contribution in [1.29, 1.82) is 0 Å². The van der Waals surface area contributed by atoms with Crippen LogP contribution in [-0.2, 0) is 12.7 Å². The molecule has 2 aromatic rings. The van der Waals surface area contributed by atoms with Crippen molar-refractivity contribution in [3.63, 3.8) is 0 Å². The standard InChI is InChI=1S/C11H9BrF3N3O/c1-6-10(18-19-17-6)5-16-9-3-7(11(13,14)15)2-8(12)4-9/h2-4,16H,5H2,1H3. The molecule has 1 aromatic carbocycles. The van der Waals surface area contributed by atoms with Crippen LogP contribution >= 0.6 is 15.9 Å². The van der Waals surface area contributed by atoms with E-state index in [1.54, 1.807) is 13.0 Å². The maximum absolute atomic E-state index is 12.6. The molecule has 0 saturated carbocycles. The van der Waals surface area contributed by atoms with Gasteiger partial charge in [0.1, 0.15) is 11.4 Å². The van der Waals surface area contributed by atoms with E-state index in [1.165, 1.54) is 0 Å². The van der Waals surface area contributed by atoms with Crippen molar-refractivity contribution >= 4 is 21.6 Å². The third kappa shape index (κ3) is 3.46. The van der Waals surface area contributed by atoms with Gasteiger partial charge in [0.25, 0.3) is 0 Å². The summed E-state index contributed by atoms with van der Waals surface area (Å²) in [5.74, 6) is 0. The van der Waals surface area contributed by atoms with Crippen LogP contribution in [0.4, 0.5) is 18.9 Å². The number of nitrogens with zero attached hydrogens (tertiary/aromatic N) is 2. The number of halogens is 4. The van der Waals surface area contributed by atoms with E-state index in [4.69, 9.17) is 0 Å². The highest BCUT2D eigenvalue weighted by atomic mass is 79.9. The van der Waals surface area contributed by atoms with Crippen LogP contribution < -0.4 is 5.32 Å². The topological polar surface area (TPSA) is 51.0 Å². The number of aromatic nitrogens is 2. The zero-order valence-corrected chi connectivity index (χ0v) is 11.3. The average Bonchev–Trinajstić information content (AvgIpc) is 2.70. The number of hydrogen-bond donors (Lipinski definition) is 1. The van der Waals surface area contributed by atoms with Crippen molar-refractivity contribution < 1.29 is 17.8 Å². The molecule has 0 unspecified atom stereocenters. The number of hydrogen-bond acceptors (Lipinski definition) is 4. The number of anilines is 1. The van der Waals surface area contributed by atoms with Crippen LogP contribution in [0.15, 0.2) is 27.3 Å². The van der Waals surface area contributed by atoms with E-state index >= 15 is 0 Å². The fourth-order valence-corrected chi connectivity index (χ4v) is 1.94. The third-order valence-electron chi connectivity index (χ3n) is 2.43. The quantitative estimate of drug-likeness (QED) is 0.927. The van der Waals surface area contributed by atoms with Gasteiger partial charge in [-0.25, -0.2) is 4.63 Å². The Morgan fingerprint density at radius 1 is 1.26 bits per heavy atom. The second-order valence-corrected chi connectivity index (χ2v) is 4.79. The Kier molecular flexibility index (Phi) is 3.79. The molecule has 0 aliphatic rings. The minimum Gasteiger partial charge on any atom is -0.379 e. The molecule has 0 spiro atoms. The molecule has 1 aromatic heterocycles. The van der Waals surface area contributed by atoms with Crippen molar-refractivity contribution in [3.05, 3.63) is 39.6 Å². The SMILES string of the molecule is Cc1nonc1CNc1cc(Br)cc(C(F)(F)F)c1. The maximum atomic E-state index is 12.6. The Labute approximate surface area is 115 Å². The molecule has 2 rings (SSSR count). The van der Waals surface area contributed by atoms with E-state index in [0.29, 0.717) is 21.5 Å². The number of rotatable bonds is 3. The van der Waals surface area contributed by atoms with Gasteiger partial charge in [-0.1, -0.05) is 26.2 Å². The monoisotopic (exact) mass is 335 g/mol. The molecule has 0 saturated heterocycles. The lowest BCUT2D eigenvalue weighted by atomic mass is 10.2. The van der Waals surface area contributed by atoms with E-state index in [1.807, 2.05) is 0 Å². The number of alkyl halides is 3. The molecule has 0 aliphatic carbocycles. The predicted octanol–water partition coefficient (Wildman–Crippen LogP) is 3.77. The zero-order chi connectivity index (χ0) is 14.0. The van der Waals surface area contributed by atoms with Crippen LogP contribution in [0.2, 0.25) is 0 Å². The molecule has 8 heteroatoms. The highest BCUT2D eigenvalue weighted by Gasteiger charge is 2.31. The van der Waals surface area contributed by atoms with Crippen molar-refractivity contribution in [2.45, 2.75) is 19.6 Å². The average molecular weight is 336 g/mol. The summed E-state index contributed by atoms with van der Waals surface area (Å²) in [4.78, 5) is 0. The number of benzene rings is 1. The smallest absolute Gasteiger partial charge is 0.379 e. The van der Waals surface area contributed by atoms with Crippen molar-refractivity contribution in [1.82, 2.24) is 10.3 Å². The fourth-order valence-electron chi connectivity index (χ4n) is 1.45. The Hall–Kier alpha value is -1.57. The minimum absolute atomic E-state index is 0.239. The first-order chi connectivity index (χ1) is 8.86. The van der Waals surface area contributed by atoms with Crippen LogP contribution in [0.3, 0.4) is 0 Å². The molecular formula is C11H9BrF3N3O. The Morgan fingerprint density at radius 2 is 2.00 bits per heavy atom. The lowest BCUT2D eigenvalue weighted by Gasteiger charge is -2.11. The summed E-state index contributed by atoms with van der Waals surface area (Å²) in [5, 5.41) is 10.1. The molecule has 1 heterocycles. The van der Waals surface area contributed by atoms with Gasteiger partial charge in [-0.3, -0.25) is 0 Å². The van der Waals surface area contributed by atoms with Gasteiger partial charge >= 0.3 is 6.18 Å². The van der Waals surface area contributed by atoms with E-state index in [0.717, 1.165) is 12.1 Å². The second kappa shape index (κ2) is 5.20. The van der Waals surface area contributed by atoms with Crippen molar-refractivity contribution in [3.8, 4) is 0 Å². The summed E-state index contributed by atoms with van der Waals surface area (Å²) >= 11 is 3.05. The number of nitrogens with one attached hydrogen (secondary N) is 1. The maximum Gasteiger partial charge on any atom is 0.416 e. The summed E-state index contributed by atoms with van der Waals surface area (Å²) in [6.07, 6.45) is -4.38. The van der Waals surface area contributed by atoms with Crippen molar-refractivity contribution in [2.24, 2.45) is 0 Å². The molecule has 4 nitrogen and oxygen atoms in total. The zero-order valence-electron chi connectivity index (χ0n) is 9.75. The Bertz CT molecular complexity index is 583. The lowest BCUT2D eigenvalue weighted by Crippen LogP contribution is -2.07. The van der Waals surface area contributed by atoms with Gasteiger partial charge in [-0.05, 0) is 25.1 Å². The molecule has 0 fully saturated rings. The summed E-state index contributed by atoms with van der Waals surface area (Å²) in [6.45, 7) is 1.94. The molecule has 1 N–H and O–H groups in total. The highest BCUT2D eigenvalue weighted by Crippen LogP contribution is 2.33. The van der Waals surface area contributed by atoms with Gasteiger partial charge in [0.15, 0.2) is 0 Å². The first-order valence-corrected chi connectivity index (χ1v) is 6.05. The first-order valence-electron chi connectivity index (χ1n) is 5.26. The van der Waals surface area contributed by atoms with E-state index in [9.17, 15) is 13.2 Å². The molecule has 0 radical (unpaired) electrons. The number of aryl methyl sites for hydroxylation is 1. The first kappa shape index (κ1) is 13.9. The normalized spacial score (nSPS) is 11.6. The largest absolute Gasteiger partial charge is 0.416 e. The van der Waals surface area contributed by atoms with Gasteiger partial charge in [0.05, 0.1) is 12.1 Å². The molecular weight excluding hydrogens is 327 g/mol. The Balaban J connectivity index is 2.17. The Morgan fingerprint density at radius 3 is 2.58 bits per heavy atom. The van der Waals surface area contributed by atoms with E-state index in [2.05, 4.69) is 36.2 Å². The molecule has 0 amide bonds. The van der Waals surface area contributed by atoms with E-state index in [-0.39, 0.29) is 6.54 Å². The summed E-state index contributed by atoms with van der Waals surface area (Å²) < 4.78 is 42.8. The minimum atomic E-state index is -4.38. The van der Waals surface area contributed by atoms with Gasteiger partial charge in [-0.15, -0.1) is 0 Å². The van der Waals surface area contributed by atoms with Gasteiger partial charge < -0.3 is 5.32 Å². The lowest BCUT2D eigenvalue weighted by molar-refractivity contribution is -0.137. The molecule has 0 atom stereocenters. The van der Waals surface area contributed by atoms with Crippen LogP contribution in [-0.4, -0.2) is 10.3 Å². The summed E-state index contributed by atoms with van der Waals surface area (Å²) in [6, 6.07) is 3.61. The molecule has 102 valence electrons. The predicted molar refractivity (Wildman–Crippen MR) is 65.5 cm³/mol. The second-order valence-electron chi connectivity index (χ2n) is 3.88. The van der Waals surface area contributed by atoms with E-state index < -0.39 is 11.7 Å². The summed E-state index contributed by atoms with van der Waals surface area (Å²) in [5.41, 5.74) is 0.760. The molecule has 0 bridgehead atoms. The van der Waals surface area contributed by atoms with Crippen LogP contribution in [0.1, 0.15) is 17.0 Å². The van der Waals surface area contributed by atoms with Crippen LogP contribution in [0.25, 0.3) is 0 Å². The van der Waals surface area contributed by atoms with Gasteiger partial charge in [0, 0.05) is 10.2 Å². The highest BCUT2D eigenvalue weighted by molar-refractivity contribution is 9.10.